The van der Waals surface area contributed by atoms with Crippen molar-refractivity contribution in [3.05, 3.63) is 30.1 Å². The number of nitrogens with zero attached hydrogens (tertiary/aromatic N) is 5. The Kier molecular flexibility index (Phi) is 6.55. The van der Waals surface area contributed by atoms with Crippen molar-refractivity contribution in [2.45, 2.75) is 31.5 Å². The van der Waals surface area contributed by atoms with Gasteiger partial charge in [0.05, 0.1) is 26.5 Å². The van der Waals surface area contributed by atoms with Crippen LogP contribution in [-0.2, 0) is 4.74 Å². The molecule has 33 heavy (non-hydrogen) atoms. The van der Waals surface area contributed by atoms with Gasteiger partial charge in [-0.25, -0.2) is 20.4 Å². The molecule has 1 aliphatic heterocycles. The number of methoxy groups -OCH3 is 1. The van der Waals surface area contributed by atoms with Crippen LogP contribution in [0, 0.1) is 0 Å². The normalized spacial score (nSPS) is 22.8. The third-order valence-corrected chi connectivity index (χ3v) is 5.14. The van der Waals surface area contributed by atoms with Crippen molar-refractivity contribution < 1.29 is 29.5 Å². The number of nitrogens with two attached hydrogens (primary N) is 1. The quantitative estimate of drug-likeness (QED) is 0.223. The van der Waals surface area contributed by atoms with E-state index in [-0.39, 0.29) is 22.9 Å². The summed E-state index contributed by atoms with van der Waals surface area (Å²) in [6, 6.07) is 5.33. The summed E-state index contributed by atoms with van der Waals surface area (Å²) in [4.78, 5) is 12.5. The number of ether oxygens (including phenoxy) is 3. The molecule has 0 radical (unpaired) electrons. The van der Waals surface area contributed by atoms with Gasteiger partial charge in [-0.3, -0.25) is 4.57 Å². The van der Waals surface area contributed by atoms with Gasteiger partial charge < -0.3 is 35.3 Å². The number of imidazole rings is 1. The van der Waals surface area contributed by atoms with Gasteiger partial charge in [0.25, 0.3) is 0 Å². The lowest BCUT2D eigenvalue weighted by Crippen LogP contribution is -2.33. The Morgan fingerprint density at radius 3 is 2.79 bits per heavy atom. The fourth-order valence-corrected chi connectivity index (χ4v) is 3.54. The predicted octanol–water partition coefficient (Wildman–Crippen LogP) is -0.127. The fraction of sp³-hybridized carbons (Fsp3) is 0.400. The second-order valence-corrected chi connectivity index (χ2v) is 7.18. The highest BCUT2D eigenvalue weighted by Gasteiger charge is 2.45. The molecule has 4 atom stereocenters. The summed E-state index contributed by atoms with van der Waals surface area (Å²) in [6.07, 6.45) is -1.95. The van der Waals surface area contributed by atoms with Crippen LogP contribution in [0.4, 0.5) is 11.8 Å². The van der Waals surface area contributed by atoms with E-state index in [2.05, 4.69) is 25.5 Å². The summed E-state index contributed by atoms with van der Waals surface area (Å²) in [7, 11) is 1.55. The van der Waals surface area contributed by atoms with Gasteiger partial charge in [0.2, 0.25) is 5.95 Å². The van der Waals surface area contributed by atoms with E-state index < -0.39 is 31.1 Å². The van der Waals surface area contributed by atoms with Crippen LogP contribution < -0.4 is 20.6 Å². The summed E-state index contributed by atoms with van der Waals surface area (Å²) in [5.41, 5.74) is 9.96. The molecule has 0 spiro atoms. The molecule has 13 nitrogen and oxygen atoms in total. The van der Waals surface area contributed by atoms with E-state index >= 15 is 0 Å². The standard InChI is InChI=1S/C20H25N7O6/c1-3-32-11-5-4-10(6-12(11)31-2)7-24-26-20-25-14-17(21)22-9-23-18(14)27(20)19-16(30)15(29)13(8-28)33-19/h4-7,9,13,15-16,19,28-30H,3,8H2,1-2H3,(H,25,26)(H2,21,22,23)/b24-7-/t13-,15+,16+,19+/m0/s1. The number of hydrogen-bond donors (Lipinski definition) is 5. The molecule has 2 aromatic heterocycles. The zero-order valence-corrected chi connectivity index (χ0v) is 18.0. The minimum Gasteiger partial charge on any atom is -0.493 e. The molecule has 0 bridgehead atoms. The van der Waals surface area contributed by atoms with Crippen LogP contribution in [0.3, 0.4) is 0 Å². The van der Waals surface area contributed by atoms with Crippen LogP contribution in [0.1, 0.15) is 18.7 Å². The molecule has 176 valence electrons. The predicted molar refractivity (Wildman–Crippen MR) is 118 cm³/mol. The smallest absolute Gasteiger partial charge is 0.228 e. The van der Waals surface area contributed by atoms with Crippen molar-refractivity contribution in [3.8, 4) is 11.5 Å². The van der Waals surface area contributed by atoms with E-state index in [1.54, 1.807) is 25.3 Å². The Bertz CT molecular complexity index is 1150. The largest absolute Gasteiger partial charge is 0.493 e. The molecule has 1 aromatic carbocycles. The maximum atomic E-state index is 10.5. The van der Waals surface area contributed by atoms with Gasteiger partial charge in [-0.15, -0.1) is 0 Å². The molecule has 0 saturated carbocycles. The molecule has 13 heteroatoms. The summed E-state index contributed by atoms with van der Waals surface area (Å²) in [6.45, 7) is 1.92. The van der Waals surface area contributed by atoms with Crippen LogP contribution in [-0.4, -0.2) is 79.7 Å². The molecule has 0 amide bonds. The monoisotopic (exact) mass is 459 g/mol. The minimum atomic E-state index is -1.35. The van der Waals surface area contributed by atoms with E-state index in [0.717, 1.165) is 5.56 Å². The highest BCUT2D eigenvalue weighted by molar-refractivity contribution is 5.85. The molecule has 0 unspecified atom stereocenters. The molecule has 3 heterocycles. The Morgan fingerprint density at radius 1 is 1.27 bits per heavy atom. The van der Waals surface area contributed by atoms with Gasteiger partial charge in [-0.2, -0.15) is 5.10 Å². The number of nitrogens with one attached hydrogen (secondary N) is 1. The number of aliphatic hydroxyl groups is 3. The van der Waals surface area contributed by atoms with Gasteiger partial charge in [0.1, 0.15) is 24.6 Å². The number of benzene rings is 1. The van der Waals surface area contributed by atoms with Gasteiger partial charge in [0, 0.05) is 0 Å². The Hall–Kier alpha value is -3.52. The van der Waals surface area contributed by atoms with Gasteiger partial charge >= 0.3 is 0 Å². The number of aromatic nitrogens is 4. The van der Waals surface area contributed by atoms with Crippen LogP contribution in [0.2, 0.25) is 0 Å². The topological polar surface area (TPSA) is 182 Å². The highest BCUT2D eigenvalue weighted by Crippen LogP contribution is 2.35. The van der Waals surface area contributed by atoms with Crippen molar-refractivity contribution in [3.63, 3.8) is 0 Å². The van der Waals surface area contributed by atoms with Crippen molar-refractivity contribution in [1.29, 1.82) is 0 Å². The lowest BCUT2D eigenvalue weighted by atomic mass is 10.1. The molecule has 0 aliphatic carbocycles. The van der Waals surface area contributed by atoms with Gasteiger partial charge in [-0.05, 0) is 30.7 Å². The lowest BCUT2D eigenvalue weighted by Gasteiger charge is -2.18. The number of hydrogen-bond acceptors (Lipinski definition) is 12. The van der Waals surface area contributed by atoms with Crippen molar-refractivity contribution >= 4 is 29.1 Å². The highest BCUT2D eigenvalue weighted by atomic mass is 16.6. The summed E-state index contributed by atoms with van der Waals surface area (Å²) in [5.74, 6) is 1.43. The first-order valence-electron chi connectivity index (χ1n) is 10.2. The van der Waals surface area contributed by atoms with Crippen molar-refractivity contribution in [2.24, 2.45) is 5.10 Å². The number of rotatable bonds is 8. The van der Waals surface area contributed by atoms with Crippen LogP contribution in [0.15, 0.2) is 29.6 Å². The number of aliphatic hydroxyl groups excluding tert-OH is 3. The molecule has 1 aliphatic rings. The molecule has 3 aromatic rings. The van der Waals surface area contributed by atoms with Gasteiger partial charge in [-0.1, -0.05) is 0 Å². The maximum Gasteiger partial charge on any atom is 0.228 e. The summed E-state index contributed by atoms with van der Waals surface area (Å²) >= 11 is 0. The first-order chi connectivity index (χ1) is 16.0. The molecule has 4 rings (SSSR count). The molecular weight excluding hydrogens is 434 g/mol. The van der Waals surface area contributed by atoms with Crippen molar-refractivity contribution in [1.82, 2.24) is 19.5 Å². The Morgan fingerprint density at radius 2 is 2.09 bits per heavy atom. The molecule has 1 saturated heterocycles. The Labute approximate surface area is 188 Å². The maximum absolute atomic E-state index is 10.5. The van der Waals surface area contributed by atoms with Crippen molar-refractivity contribution in [2.75, 3.05) is 31.5 Å². The first-order valence-corrected chi connectivity index (χ1v) is 10.2. The van der Waals surface area contributed by atoms with Crippen LogP contribution in [0.25, 0.3) is 11.2 Å². The Balaban J connectivity index is 1.66. The number of hydrazone groups is 1. The van der Waals surface area contributed by atoms with E-state index in [1.165, 1.54) is 17.1 Å². The molecule has 1 fully saturated rings. The third-order valence-electron chi connectivity index (χ3n) is 5.14. The number of fused-ring (bicyclic) bond motifs is 1. The number of nitrogen functional groups attached to an aromatic ring is 1. The average Bonchev–Trinajstić information content (AvgIpc) is 3.32. The zero-order chi connectivity index (χ0) is 23.5. The van der Waals surface area contributed by atoms with Gasteiger partial charge in [0.15, 0.2) is 34.7 Å². The second kappa shape index (κ2) is 9.54. The zero-order valence-electron chi connectivity index (χ0n) is 18.0. The van der Waals surface area contributed by atoms with Crippen LogP contribution >= 0.6 is 0 Å². The SMILES string of the molecule is CCOc1ccc(/C=N\Nc2nc3c(N)ncnc3n2[C@@H]2O[C@@H](CO)[C@@H](O)[C@H]2O)cc1OC. The lowest BCUT2D eigenvalue weighted by molar-refractivity contribution is -0.0501. The summed E-state index contributed by atoms with van der Waals surface area (Å²) in [5, 5.41) is 34.3. The van der Waals surface area contributed by atoms with E-state index in [1.807, 2.05) is 6.92 Å². The van der Waals surface area contributed by atoms with E-state index in [0.29, 0.717) is 18.1 Å². The van der Waals surface area contributed by atoms with E-state index in [4.69, 9.17) is 19.9 Å². The van der Waals surface area contributed by atoms with Crippen LogP contribution in [0.5, 0.6) is 11.5 Å². The molecular formula is C20H25N7O6. The molecule has 6 N–H and O–H groups in total. The third kappa shape index (κ3) is 4.26. The second-order valence-electron chi connectivity index (χ2n) is 7.18. The average molecular weight is 459 g/mol. The summed E-state index contributed by atoms with van der Waals surface area (Å²) < 4.78 is 17.9. The first kappa shape index (κ1) is 22.7. The minimum absolute atomic E-state index is 0.119. The van der Waals surface area contributed by atoms with E-state index in [9.17, 15) is 15.3 Å². The fourth-order valence-electron chi connectivity index (χ4n) is 3.54. The number of anilines is 2.